The van der Waals surface area contributed by atoms with Crippen molar-refractivity contribution in [2.45, 2.75) is 37.3 Å². The number of sulfonamides is 1. The van der Waals surface area contributed by atoms with E-state index in [2.05, 4.69) is 27.6 Å². The molecule has 0 saturated heterocycles. The summed E-state index contributed by atoms with van der Waals surface area (Å²) in [6.45, 7) is 2.07. The lowest BCUT2D eigenvalue weighted by Gasteiger charge is -2.13. The van der Waals surface area contributed by atoms with Crippen molar-refractivity contribution in [1.82, 2.24) is 0 Å². The van der Waals surface area contributed by atoms with Crippen LogP contribution in [-0.2, 0) is 22.6 Å². The fourth-order valence-electron chi connectivity index (χ4n) is 2.20. The van der Waals surface area contributed by atoms with Crippen LogP contribution in [-0.4, -0.2) is 8.42 Å². The Morgan fingerprint density at radius 2 is 1.72 bits per heavy atom. The molecule has 0 amide bonds. The van der Waals surface area contributed by atoms with Gasteiger partial charge in [-0.15, -0.1) is 0 Å². The second kappa shape index (κ2) is 7.78. The molecular formula is C17H17BrF3NO2S. The number of rotatable bonds is 6. The molecule has 0 spiro atoms. The number of aryl methyl sites for hydroxylation is 1. The van der Waals surface area contributed by atoms with Crippen LogP contribution in [0, 0.1) is 0 Å². The maximum Gasteiger partial charge on any atom is 0.416 e. The number of benzene rings is 2. The van der Waals surface area contributed by atoms with Crippen molar-refractivity contribution in [1.29, 1.82) is 0 Å². The summed E-state index contributed by atoms with van der Waals surface area (Å²) in [5.41, 5.74) is -0.0748. The van der Waals surface area contributed by atoms with Crippen molar-refractivity contribution in [2.24, 2.45) is 0 Å². The number of anilines is 1. The van der Waals surface area contributed by atoms with Crippen LogP contribution in [0.25, 0.3) is 0 Å². The number of unbranched alkanes of at least 4 members (excludes halogenated alkanes) is 1. The van der Waals surface area contributed by atoms with Gasteiger partial charge in [-0.3, -0.25) is 4.72 Å². The Bertz CT molecular complexity index is 834. The molecule has 8 heteroatoms. The van der Waals surface area contributed by atoms with Crippen LogP contribution in [0.3, 0.4) is 0 Å². The van der Waals surface area contributed by atoms with E-state index in [1.165, 1.54) is 12.1 Å². The van der Waals surface area contributed by atoms with Crippen LogP contribution in [0.15, 0.2) is 51.8 Å². The predicted molar refractivity (Wildman–Crippen MR) is 95.0 cm³/mol. The molecule has 2 rings (SSSR count). The minimum atomic E-state index is -4.55. The number of hydrogen-bond donors (Lipinski definition) is 1. The minimum absolute atomic E-state index is 0.00272. The Labute approximate surface area is 153 Å². The lowest BCUT2D eigenvalue weighted by atomic mass is 10.1. The summed E-state index contributed by atoms with van der Waals surface area (Å²) in [6.07, 6.45) is -1.67. The fourth-order valence-corrected chi connectivity index (χ4v) is 3.75. The minimum Gasteiger partial charge on any atom is -0.278 e. The Kier molecular flexibility index (Phi) is 6.16. The van der Waals surface area contributed by atoms with E-state index < -0.39 is 21.8 Å². The van der Waals surface area contributed by atoms with Crippen molar-refractivity contribution in [3.63, 3.8) is 0 Å². The molecule has 0 fully saturated rings. The molecule has 136 valence electrons. The maximum atomic E-state index is 12.8. The van der Waals surface area contributed by atoms with Gasteiger partial charge in [-0.2, -0.15) is 13.2 Å². The van der Waals surface area contributed by atoms with Gasteiger partial charge in [0.15, 0.2) is 0 Å². The topological polar surface area (TPSA) is 46.2 Å². The number of halogens is 4. The molecule has 2 aromatic rings. The van der Waals surface area contributed by atoms with E-state index in [9.17, 15) is 21.6 Å². The summed E-state index contributed by atoms with van der Waals surface area (Å²) < 4.78 is 65.7. The van der Waals surface area contributed by atoms with E-state index in [4.69, 9.17) is 0 Å². The van der Waals surface area contributed by atoms with Crippen LogP contribution in [0.4, 0.5) is 18.9 Å². The Balaban J connectivity index is 2.26. The Morgan fingerprint density at radius 1 is 1.08 bits per heavy atom. The van der Waals surface area contributed by atoms with Crippen LogP contribution >= 0.6 is 15.9 Å². The summed E-state index contributed by atoms with van der Waals surface area (Å²) in [4.78, 5) is -0.00272. The quantitative estimate of drug-likeness (QED) is 0.640. The molecular weight excluding hydrogens is 419 g/mol. The number of nitrogens with one attached hydrogen (secondary N) is 1. The lowest BCUT2D eigenvalue weighted by Crippen LogP contribution is -2.14. The molecule has 3 nitrogen and oxygen atoms in total. The maximum absolute atomic E-state index is 12.8. The Hall–Kier alpha value is -1.54. The molecule has 0 unspecified atom stereocenters. The summed E-state index contributed by atoms with van der Waals surface area (Å²) in [7, 11) is -3.98. The zero-order chi connectivity index (χ0) is 18.7. The first kappa shape index (κ1) is 19.8. The van der Waals surface area contributed by atoms with Gasteiger partial charge >= 0.3 is 6.18 Å². The molecule has 2 aromatic carbocycles. The van der Waals surface area contributed by atoms with Crippen molar-refractivity contribution >= 4 is 31.6 Å². The third kappa shape index (κ3) is 5.22. The molecule has 1 N–H and O–H groups in total. The molecule has 0 atom stereocenters. The van der Waals surface area contributed by atoms with Gasteiger partial charge in [-0.1, -0.05) is 25.5 Å². The molecule has 0 heterocycles. The van der Waals surface area contributed by atoms with Crippen LogP contribution < -0.4 is 4.72 Å². The number of hydrogen-bond acceptors (Lipinski definition) is 2. The van der Waals surface area contributed by atoms with Gasteiger partial charge in [0, 0.05) is 4.47 Å². The highest BCUT2D eigenvalue weighted by Crippen LogP contribution is 2.34. The summed E-state index contributed by atoms with van der Waals surface area (Å²) >= 11 is 3.07. The zero-order valence-electron chi connectivity index (χ0n) is 13.4. The summed E-state index contributed by atoms with van der Waals surface area (Å²) in [5.74, 6) is 0. The monoisotopic (exact) mass is 435 g/mol. The van der Waals surface area contributed by atoms with Crippen molar-refractivity contribution < 1.29 is 21.6 Å². The van der Waals surface area contributed by atoms with Crippen LogP contribution in [0.5, 0.6) is 0 Å². The fraction of sp³-hybridized carbons (Fsp3) is 0.294. The van der Waals surface area contributed by atoms with E-state index in [1.54, 1.807) is 12.1 Å². The SMILES string of the molecule is CCCCc1ccc(S(=O)(=O)Nc2cc(C(F)(F)F)ccc2Br)cc1. The number of alkyl halides is 3. The zero-order valence-corrected chi connectivity index (χ0v) is 15.8. The standard InChI is InChI=1S/C17H17BrF3NO2S/c1-2-3-4-12-5-8-14(9-6-12)25(23,24)22-16-11-13(17(19,20)21)7-10-15(16)18/h5-11,22H,2-4H2,1H3. The highest BCUT2D eigenvalue weighted by molar-refractivity contribution is 9.10. The Morgan fingerprint density at radius 3 is 2.28 bits per heavy atom. The van der Waals surface area contributed by atoms with Crippen LogP contribution in [0.1, 0.15) is 30.9 Å². The predicted octanol–water partition coefficient (Wildman–Crippen LogP) is 5.61. The van der Waals surface area contributed by atoms with E-state index in [0.717, 1.165) is 43.0 Å². The first-order valence-corrected chi connectivity index (χ1v) is 9.89. The van der Waals surface area contributed by atoms with Gasteiger partial charge in [0.2, 0.25) is 0 Å². The van der Waals surface area contributed by atoms with E-state index >= 15 is 0 Å². The average Bonchev–Trinajstić information content (AvgIpc) is 2.54. The average molecular weight is 436 g/mol. The third-order valence-corrected chi connectivity index (χ3v) is 5.66. The van der Waals surface area contributed by atoms with Gasteiger partial charge in [-0.25, -0.2) is 8.42 Å². The van der Waals surface area contributed by atoms with Gasteiger partial charge in [0.25, 0.3) is 10.0 Å². The van der Waals surface area contributed by atoms with Gasteiger partial charge in [0.1, 0.15) is 0 Å². The normalized spacial score (nSPS) is 12.2. The van der Waals surface area contributed by atoms with Crippen molar-refractivity contribution in [3.8, 4) is 0 Å². The highest BCUT2D eigenvalue weighted by atomic mass is 79.9. The van der Waals surface area contributed by atoms with Gasteiger partial charge < -0.3 is 0 Å². The molecule has 0 radical (unpaired) electrons. The van der Waals surface area contributed by atoms with Crippen molar-refractivity contribution in [2.75, 3.05) is 4.72 Å². The third-order valence-electron chi connectivity index (χ3n) is 3.59. The molecule has 0 bridgehead atoms. The first-order valence-electron chi connectivity index (χ1n) is 7.62. The highest BCUT2D eigenvalue weighted by Gasteiger charge is 2.31. The second-order valence-corrected chi connectivity index (χ2v) is 8.08. The smallest absolute Gasteiger partial charge is 0.278 e. The summed E-state index contributed by atoms with van der Waals surface area (Å²) in [6, 6.07) is 9.14. The molecule has 0 aromatic heterocycles. The van der Waals surface area contributed by atoms with E-state index in [0.29, 0.717) is 0 Å². The first-order chi connectivity index (χ1) is 11.6. The van der Waals surface area contributed by atoms with Crippen LogP contribution in [0.2, 0.25) is 0 Å². The summed E-state index contributed by atoms with van der Waals surface area (Å²) in [5, 5.41) is 0. The largest absolute Gasteiger partial charge is 0.416 e. The van der Waals surface area contributed by atoms with Crippen molar-refractivity contribution in [3.05, 3.63) is 58.1 Å². The molecule has 0 saturated carbocycles. The molecule has 0 aliphatic carbocycles. The molecule has 25 heavy (non-hydrogen) atoms. The lowest BCUT2D eigenvalue weighted by molar-refractivity contribution is -0.137. The van der Waals surface area contributed by atoms with Gasteiger partial charge in [0.05, 0.1) is 16.1 Å². The van der Waals surface area contributed by atoms with E-state index in [-0.39, 0.29) is 15.1 Å². The van der Waals surface area contributed by atoms with E-state index in [1.807, 2.05) is 0 Å². The molecule has 0 aliphatic heterocycles. The second-order valence-electron chi connectivity index (χ2n) is 5.55. The molecule has 0 aliphatic rings. The van der Waals surface area contributed by atoms with Gasteiger partial charge in [-0.05, 0) is 64.7 Å².